The van der Waals surface area contributed by atoms with Crippen molar-refractivity contribution in [1.82, 2.24) is 10.2 Å². The van der Waals surface area contributed by atoms with Gasteiger partial charge in [-0.15, -0.1) is 0 Å². The number of piperidine rings is 1. The first-order valence-corrected chi connectivity index (χ1v) is 7.24. The Morgan fingerprint density at radius 3 is 2.59 bits per heavy atom. The van der Waals surface area contributed by atoms with Crippen LogP contribution >= 0.6 is 0 Å². The zero-order valence-electron chi connectivity index (χ0n) is 11.8. The molecule has 0 aromatic carbocycles. The van der Waals surface area contributed by atoms with Crippen molar-refractivity contribution in [2.75, 3.05) is 26.7 Å². The summed E-state index contributed by atoms with van der Waals surface area (Å²) in [6, 6.07) is 0.743. The molecule has 2 N–H and O–H groups in total. The Morgan fingerprint density at radius 1 is 1.29 bits per heavy atom. The fourth-order valence-corrected chi connectivity index (χ4v) is 2.60. The lowest BCUT2D eigenvalue weighted by Crippen LogP contribution is -2.42. The van der Waals surface area contributed by atoms with Crippen molar-refractivity contribution in [1.29, 1.82) is 0 Å². The van der Waals surface area contributed by atoms with E-state index >= 15 is 0 Å². The molecule has 3 nitrogen and oxygen atoms in total. The van der Waals surface area contributed by atoms with Gasteiger partial charge in [0.15, 0.2) is 0 Å². The third-order valence-corrected chi connectivity index (χ3v) is 4.35. The normalized spacial score (nSPS) is 22.9. The van der Waals surface area contributed by atoms with E-state index in [0.717, 1.165) is 32.0 Å². The highest BCUT2D eigenvalue weighted by Gasteiger charge is 2.22. The molecule has 0 saturated carbocycles. The summed E-state index contributed by atoms with van der Waals surface area (Å²) in [7, 11) is 2.23. The summed E-state index contributed by atoms with van der Waals surface area (Å²) in [5, 5.41) is 13.6. The van der Waals surface area contributed by atoms with Gasteiger partial charge in [0.2, 0.25) is 0 Å². The maximum Gasteiger partial charge on any atom is 0.0766 e. The lowest BCUT2D eigenvalue weighted by molar-refractivity contribution is 0.0320. The average molecular weight is 242 g/mol. The van der Waals surface area contributed by atoms with Crippen molar-refractivity contribution < 1.29 is 5.11 Å². The molecular formula is C14H30N2O. The highest BCUT2D eigenvalue weighted by Crippen LogP contribution is 2.17. The summed E-state index contributed by atoms with van der Waals surface area (Å²) in [6.07, 6.45) is 6.94. The molecule has 0 spiro atoms. The molecule has 1 rings (SSSR count). The van der Waals surface area contributed by atoms with Gasteiger partial charge in [-0.2, -0.15) is 0 Å². The second-order valence-electron chi connectivity index (χ2n) is 5.53. The molecule has 3 heteroatoms. The van der Waals surface area contributed by atoms with Gasteiger partial charge in [-0.1, -0.05) is 20.3 Å². The molecule has 0 aromatic rings. The van der Waals surface area contributed by atoms with Crippen molar-refractivity contribution in [3.63, 3.8) is 0 Å². The molecule has 1 saturated heterocycles. The van der Waals surface area contributed by atoms with Crippen LogP contribution < -0.4 is 5.32 Å². The number of likely N-dealkylation sites (tertiary alicyclic amines) is 1. The Kier molecular flexibility index (Phi) is 6.45. The Bertz CT molecular complexity index is 204. The van der Waals surface area contributed by atoms with Gasteiger partial charge in [-0.25, -0.2) is 0 Å². The summed E-state index contributed by atoms with van der Waals surface area (Å²) in [6.45, 7) is 7.12. The molecule has 17 heavy (non-hydrogen) atoms. The Hall–Kier alpha value is -0.120. The van der Waals surface area contributed by atoms with E-state index in [0.29, 0.717) is 0 Å². The van der Waals surface area contributed by atoms with Crippen molar-refractivity contribution in [2.24, 2.45) is 0 Å². The number of hydrogen-bond acceptors (Lipinski definition) is 3. The van der Waals surface area contributed by atoms with E-state index in [1.54, 1.807) is 0 Å². The van der Waals surface area contributed by atoms with Crippen molar-refractivity contribution in [3.05, 3.63) is 0 Å². The highest BCUT2D eigenvalue weighted by molar-refractivity contribution is 4.79. The van der Waals surface area contributed by atoms with Crippen LogP contribution in [0.1, 0.15) is 52.4 Å². The minimum atomic E-state index is -0.502. The van der Waals surface area contributed by atoms with Crippen molar-refractivity contribution in [2.45, 2.75) is 64.0 Å². The third-order valence-electron chi connectivity index (χ3n) is 4.35. The first kappa shape index (κ1) is 14.9. The molecule has 0 aromatic heterocycles. The maximum absolute atomic E-state index is 10.1. The molecule has 0 bridgehead atoms. The molecule has 102 valence electrons. The number of aliphatic hydroxyl groups is 1. The van der Waals surface area contributed by atoms with Crippen LogP contribution in [0.25, 0.3) is 0 Å². The van der Waals surface area contributed by atoms with Gasteiger partial charge in [0, 0.05) is 12.6 Å². The van der Waals surface area contributed by atoms with E-state index in [1.807, 2.05) is 0 Å². The Balaban J connectivity index is 2.15. The second-order valence-corrected chi connectivity index (χ2v) is 5.53. The predicted octanol–water partition coefficient (Wildman–Crippen LogP) is 2.00. The summed E-state index contributed by atoms with van der Waals surface area (Å²) in [5.41, 5.74) is -0.502. The van der Waals surface area contributed by atoms with E-state index < -0.39 is 5.60 Å². The molecule has 1 atom stereocenters. The molecule has 0 aliphatic carbocycles. The third kappa shape index (κ3) is 4.94. The fourth-order valence-electron chi connectivity index (χ4n) is 2.60. The monoisotopic (exact) mass is 242 g/mol. The predicted molar refractivity (Wildman–Crippen MR) is 73.3 cm³/mol. The van der Waals surface area contributed by atoms with Crippen LogP contribution in [0.3, 0.4) is 0 Å². The van der Waals surface area contributed by atoms with Crippen LogP contribution in [0.5, 0.6) is 0 Å². The molecule has 1 aliphatic rings. The average Bonchev–Trinajstić information content (AvgIpc) is 2.36. The van der Waals surface area contributed by atoms with Gasteiger partial charge in [0.25, 0.3) is 0 Å². The zero-order valence-corrected chi connectivity index (χ0v) is 11.8. The van der Waals surface area contributed by atoms with Crippen molar-refractivity contribution >= 4 is 0 Å². The van der Waals surface area contributed by atoms with E-state index in [1.165, 1.54) is 32.2 Å². The topological polar surface area (TPSA) is 35.5 Å². The van der Waals surface area contributed by atoms with Crippen molar-refractivity contribution in [3.8, 4) is 0 Å². The molecule has 0 amide bonds. The standard InChI is InChI=1S/C14H30N2O/c1-4-14(17,5-2)12-15-10-9-13-8-6-7-11-16(13)3/h13,15,17H,4-12H2,1-3H3. The second kappa shape index (κ2) is 7.34. The van der Waals surface area contributed by atoms with Gasteiger partial charge in [0.05, 0.1) is 5.60 Å². The van der Waals surface area contributed by atoms with E-state index in [2.05, 4.69) is 31.1 Å². The number of hydrogen-bond donors (Lipinski definition) is 2. The Morgan fingerprint density at radius 2 is 2.00 bits per heavy atom. The highest BCUT2D eigenvalue weighted by atomic mass is 16.3. The summed E-state index contributed by atoms with van der Waals surface area (Å²) >= 11 is 0. The van der Waals surface area contributed by atoms with Crippen LogP contribution in [0.2, 0.25) is 0 Å². The number of nitrogens with one attached hydrogen (secondary N) is 1. The molecule has 1 heterocycles. The number of nitrogens with zero attached hydrogens (tertiary/aromatic N) is 1. The van der Waals surface area contributed by atoms with Crippen LogP contribution in [0.4, 0.5) is 0 Å². The van der Waals surface area contributed by atoms with E-state index in [9.17, 15) is 5.11 Å². The minimum absolute atomic E-state index is 0.502. The molecule has 1 aliphatic heterocycles. The number of rotatable bonds is 7. The molecule has 1 unspecified atom stereocenters. The minimum Gasteiger partial charge on any atom is -0.389 e. The van der Waals surface area contributed by atoms with E-state index in [-0.39, 0.29) is 0 Å². The lowest BCUT2D eigenvalue weighted by atomic mass is 9.97. The van der Waals surface area contributed by atoms with Crippen LogP contribution in [-0.4, -0.2) is 48.3 Å². The van der Waals surface area contributed by atoms with E-state index in [4.69, 9.17) is 0 Å². The molecule has 0 radical (unpaired) electrons. The fraction of sp³-hybridized carbons (Fsp3) is 1.00. The summed E-state index contributed by atoms with van der Waals surface area (Å²) in [5.74, 6) is 0. The molecular weight excluding hydrogens is 212 g/mol. The first-order valence-electron chi connectivity index (χ1n) is 7.24. The first-order chi connectivity index (χ1) is 8.11. The van der Waals surface area contributed by atoms with Crippen LogP contribution in [0, 0.1) is 0 Å². The van der Waals surface area contributed by atoms with Crippen LogP contribution in [0.15, 0.2) is 0 Å². The van der Waals surface area contributed by atoms with Gasteiger partial charge >= 0.3 is 0 Å². The quantitative estimate of drug-likeness (QED) is 0.670. The largest absolute Gasteiger partial charge is 0.389 e. The van der Waals surface area contributed by atoms with Gasteiger partial charge < -0.3 is 15.3 Å². The van der Waals surface area contributed by atoms with Crippen LogP contribution in [-0.2, 0) is 0 Å². The summed E-state index contributed by atoms with van der Waals surface area (Å²) < 4.78 is 0. The summed E-state index contributed by atoms with van der Waals surface area (Å²) in [4.78, 5) is 2.48. The lowest BCUT2D eigenvalue weighted by Gasteiger charge is -2.33. The maximum atomic E-state index is 10.1. The SMILES string of the molecule is CCC(O)(CC)CNCCC1CCCCN1C. The molecule has 1 fully saturated rings. The van der Waals surface area contributed by atoms with Gasteiger partial charge in [-0.3, -0.25) is 0 Å². The van der Waals surface area contributed by atoms with Gasteiger partial charge in [0.1, 0.15) is 0 Å². The Labute approximate surface area is 107 Å². The smallest absolute Gasteiger partial charge is 0.0766 e. The zero-order chi connectivity index (χ0) is 12.7. The van der Waals surface area contributed by atoms with Gasteiger partial charge in [-0.05, 0) is 52.2 Å².